The Bertz CT molecular complexity index is 412. The van der Waals surface area contributed by atoms with E-state index in [0.29, 0.717) is 12.8 Å². The van der Waals surface area contributed by atoms with Crippen LogP contribution in [0.2, 0.25) is 0 Å². The summed E-state index contributed by atoms with van der Waals surface area (Å²) in [6, 6.07) is -0.700. The first-order chi connectivity index (χ1) is 8.36. The van der Waals surface area contributed by atoms with Crippen molar-refractivity contribution in [3.05, 3.63) is 18.2 Å². The Morgan fingerprint density at radius 3 is 2.72 bits per heavy atom. The standard InChI is InChI=1S/C12H20N4O2/c1-4-10(17)12(2,3)16-11(18)9(13)5-8-6-14-7-15-8/h6-7,9H,4-5,13H2,1-3H3,(H,14,15)(H,16,18)/t9-/m1/s1. The lowest BCUT2D eigenvalue weighted by Gasteiger charge is -2.26. The Hall–Kier alpha value is -1.69. The molecular weight excluding hydrogens is 232 g/mol. The van der Waals surface area contributed by atoms with Crippen LogP contribution in [0.3, 0.4) is 0 Å². The molecule has 1 aromatic rings. The van der Waals surface area contributed by atoms with Crippen LogP contribution in [0, 0.1) is 0 Å². The molecular formula is C12H20N4O2. The summed E-state index contributed by atoms with van der Waals surface area (Å²) in [6.07, 6.45) is 3.89. The number of carbonyl (C=O) groups is 2. The van der Waals surface area contributed by atoms with Crippen molar-refractivity contribution in [1.29, 1.82) is 0 Å². The minimum absolute atomic E-state index is 0.0235. The van der Waals surface area contributed by atoms with Gasteiger partial charge in [0.1, 0.15) is 0 Å². The van der Waals surface area contributed by atoms with Gasteiger partial charge in [-0.05, 0) is 13.8 Å². The molecule has 0 aliphatic heterocycles. The van der Waals surface area contributed by atoms with Crippen LogP contribution in [-0.4, -0.2) is 33.2 Å². The number of aromatic nitrogens is 2. The number of aromatic amines is 1. The molecule has 1 aromatic heterocycles. The van der Waals surface area contributed by atoms with E-state index < -0.39 is 11.6 Å². The topological polar surface area (TPSA) is 101 Å². The van der Waals surface area contributed by atoms with Gasteiger partial charge in [-0.2, -0.15) is 0 Å². The average molecular weight is 252 g/mol. The largest absolute Gasteiger partial charge is 0.348 e. The molecule has 0 saturated heterocycles. The summed E-state index contributed by atoms with van der Waals surface area (Å²) in [5.41, 5.74) is 5.70. The zero-order chi connectivity index (χ0) is 13.8. The second kappa shape index (κ2) is 5.77. The SMILES string of the molecule is CCC(=O)C(C)(C)NC(=O)[C@H](N)Cc1cnc[nH]1. The molecule has 1 heterocycles. The van der Waals surface area contributed by atoms with E-state index in [-0.39, 0.29) is 11.7 Å². The number of hydrogen-bond acceptors (Lipinski definition) is 4. The number of imidazole rings is 1. The van der Waals surface area contributed by atoms with Gasteiger partial charge in [-0.15, -0.1) is 0 Å². The molecule has 0 radical (unpaired) electrons. The van der Waals surface area contributed by atoms with Gasteiger partial charge in [-0.25, -0.2) is 4.98 Å². The molecule has 0 aliphatic carbocycles. The van der Waals surface area contributed by atoms with Crippen LogP contribution in [0.5, 0.6) is 0 Å². The molecule has 1 rings (SSSR count). The van der Waals surface area contributed by atoms with Crippen molar-refractivity contribution in [2.75, 3.05) is 0 Å². The Morgan fingerprint density at radius 2 is 2.22 bits per heavy atom. The quantitative estimate of drug-likeness (QED) is 0.671. The third-order valence-corrected chi connectivity index (χ3v) is 2.79. The fourth-order valence-electron chi connectivity index (χ4n) is 1.64. The van der Waals surface area contributed by atoms with Gasteiger partial charge < -0.3 is 16.0 Å². The van der Waals surface area contributed by atoms with Crippen molar-refractivity contribution in [3.63, 3.8) is 0 Å². The van der Waals surface area contributed by atoms with Crippen LogP contribution in [0.15, 0.2) is 12.5 Å². The van der Waals surface area contributed by atoms with Crippen LogP contribution >= 0.6 is 0 Å². The number of rotatable bonds is 6. The summed E-state index contributed by atoms with van der Waals surface area (Å²) in [5.74, 6) is -0.360. The van der Waals surface area contributed by atoms with Gasteiger partial charge in [0.25, 0.3) is 0 Å². The lowest BCUT2D eigenvalue weighted by Crippen LogP contribution is -2.55. The first-order valence-electron chi connectivity index (χ1n) is 5.95. The smallest absolute Gasteiger partial charge is 0.238 e. The van der Waals surface area contributed by atoms with E-state index in [1.807, 2.05) is 0 Å². The van der Waals surface area contributed by atoms with Crippen molar-refractivity contribution in [2.45, 2.75) is 45.2 Å². The summed E-state index contributed by atoms with van der Waals surface area (Å²) >= 11 is 0. The van der Waals surface area contributed by atoms with Crippen molar-refractivity contribution >= 4 is 11.7 Å². The molecule has 4 N–H and O–H groups in total. The highest BCUT2D eigenvalue weighted by Crippen LogP contribution is 2.07. The molecule has 0 saturated carbocycles. The summed E-state index contributed by atoms with van der Waals surface area (Å²) in [5, 5.41) is 2.67. The Morgan fingerprint density at radius 1 is 1.56 bits per heavy atom. The van der Waals surface area contributed by atoms with E-state index in [9.17, 15) is 9.59 Å². The number of Topliss-reactive ketones (excluding diaryl/α,β-unsaturated/α-hetero) is 1. The summed E-state index contributed by atoms with van der Waals surface area (Å²) < 4.78 is 0. The average Bonchev–Trinajstić information content (AvgIpc) is 2.79. The van der Waals surface area contributed by atoms with Crippen molar-refractivity contribution in [2.24, 2.45) is 5.73 Å². The minimum atomic E-state index is -0.878. The lowest BCUT2D eigenvalue weighted by atomic mass is 9.96. The number of nitrogens with two attached hydrogens (primary N) is 1. The fourth-order valence-corrected chi connectivity index (χ4v) is 1.64. The van der Waals surface area contributed by atoms with Crippen molar-refractivity contribution in [1.82, 2.24) is 15.3 Å². The van der Waals surface area contributed by atoms with Crippen LogP contribution in [0.4, 0.5) is 0 Å². The Labute approximate surface area is 106 Å². The summed E-state index contributed by atoms with van der Waals surface area (Å²) in [6.45, 7) is 5.13. The maximum absolute atomic E-state index is 11.9. The zero-order valence-electron chi connectivity index (χ0n) is 11.0. The molecule has 1 atom stereocenters. The van der Waals surface area contributed by atoms with Gasteiger partial charge in [0.2, 0.25) is 5.91 Å². The highest BCUT2D eigenvalue weighted by atomic mass is 16.2. The molecule has 18 heavy (non-hydrogen) atoms. The predicted molar refractivity (Wildman–Crippen MR) is 67.8 cm³/mol. The number of amides is 1. The zero-order valence-corrected chi connectivity index (χ0v) is 11.0. The van der Waals surface area contributed by atoms with Crippen molar-refractivity contribution in [3.8, 4) is 0 Å². The van der Waals surface area contributed by atoms with E-state index >= 15 is 0 Å². The maximum atomic E-state index is 11.9. The number of carbonyl (C=O) groups excluding carboxylic acids is 2. The molecule has 1 amide bonds. The molecule has 0 aromatic carbocycles. The number of hydrogen-bond donors (Lipinski definition) is 3. The van der Waals surface area contributed by atoms with Gasteiger partial charge in [0.05, 0.1) is 17.9 Å². The van der Waals surface area contributed by atoms with Crippen LogP contribution < -0.4 is 11.1 Å². The number of nitrogens with one attached hydrogen (secondary N) is 2. The first kappa shape index (κ1) is 14.4. The molecule has 0 bridgehead atoms. The predicted octanol–water partition coefficient (Wildman–Crippen LogP) is 0.153. The number of ketones is 1. The Balaban J connectivity index is 2.57. The van der Waals surface area contributed by atoms with Gasteiger partial charge in [0, 0.05) is 24.7 Å². The highest BCUT2D eigenvalue weighted by molar-refractivity contribution is 5.93. The lowest BCUT2D eigenvalue weighted by molar-refractivity contribution is -0.131. The van der Waals surface area contributed by atoms with Gasteiger partial charge in [-0.1, -0.05) is 6.92 Å². The third kappa shape index (κ3) is 3.66. The normalized spacial score (nSPS) is 13.1. The molecule has 100 valence electrons. The summed E-state index contributed by atoms with van der Waals surface area (Å²) in [4.78, 5) is 30.3. The molecule has 6 heteroatoms. The van der Waals surface area contributed by atoms with Gasteiger partial charge >= 0.3 is 0 Å². The van der Waals surface area contributed by atoms with E-state index in [1.165, 1.54) is 6.33 Å². The molecule has 0 unspecified atom stereocenters. The molecule has 0 spiro atoms. The Kier molecular flexibility index (Phi) is 4.61. The third-order valence-electron chi connectivity index (χ3n) is 2.79. The maximum Gasteiger partial charge on any atom is 0.238 e. The first-order valence-corrected chi connectivity index (χ1v) is 5.95. The van der Waals surface area contributed by atoms with Crippen LogP contribution in [-0.2, 0) is 16.0 Å². The second-order valence-electron chi connectivity index (χ2n) is 4.78. The van der Waals surface area contributed by atoms with Crippen LogP contribution in [0.25, 0.3) is 0 Å². The van der Waals surface area contributed by atoms with Crippen molar-refractivity contribution < 1.29 is 9.59 Å². The van der Waals surface area contributed by atoms with E-state index in [2.05, 4.69) is 15.3 Å². The molecule has 6 nitrogen and oxygen atoms in total. The molecule has 0 fully saturated rings. The van der Waals surface area contributed by atoms with Gasteiger partial charge in [0.15, 0.2) is 5.78 Å². The summed E-state index contributed by atoms with van der Waals surface area (Å²) in [7, 11) is 0. The number of H-pyrrole nitrogens is 1. The van der Waals surface area contributed by atoms with E-state index in [4.69, 9.17) is 5.73 Å². The molecule has 0 aliphatic rings. The van der Waals surface area contributed by atoms with E-state index in [1.54, 1.807) is 27.0 Å². The minimum Gasteiger partial charge on any atom is -0.348 e. The van der Waals surface area contributed by atoms with Gasteiger partial charge in [-0.3, -0.25) is 9.59 Å². The van der Waals surface area contributed by atoms with Crippen LogP contribution in [0.1, 0.15) is 32.9 Å². The number of nitrogens with zero attached hydrogens (tertiary/aromatic N) is 1. The monoisotopic (exact) mass is 252 g/mol. The van der Waals surface area contributed by atoms with E-state index in [0.717, 1.165) is 5.69 Å². The highest BCUT2D eigenvalue weighted by Gasteiger charge is 2.29. The fraction of sp³-hybridized carbons (Fsp3) is 0.583. The second-order valence-corrected chi connectivity index (χ2v) is 4.78.